The van der Waals surface area contributed by atoms with Crippen LogP contribution in [0.25, 0.3) is 0 Å². The summed E-state index contributed by atoms with van der Waals surface area (Å²) in [6.45, 7) is 5.98. The third-order valence-electron chi connectivity index (χ3n) is 1.65. The summed E-state index contributed by atoms with van der Waals surface area (Å²) in [6.07, 6.45) is 1.75. The standard InChI is InChI=1S/C9H16ClNO2/c1-6(2)8(9(12)13)11-5-4-7(3)10/h4,6,8,11H,5H2,1-3H3,(H,12,13)/b7-4-. The molecular weight excluding hydrogens is 190 g/mol. The van der Waals surface area contributed by atoms with Crippen LogP contribution >= 0.6 is 11.6 Å². The Labute approximate surface area is 83.8 Å². The second-order valence-electron chi connectivity index (χ2n) is 3.26. The minimum Gasteiger partial charge on any atom is -0.480 e. The molecule has 0 saturated carbocycles. The van der Waals surface area contributed by atoms with Gasteiger partial charge in [0.1, 0.15) is 6.04 Å². The van der Waals surface area contributed by atoms with E-state index in [0.717, 1.165) is 0 Å². The molecule has 1 atom stereocenters. The SMILES string of the molecule is C/C(Cl)=C/CNC(C(=O)O)C(C)C. The van der Waals surface area contributed by atoms with Crippen molar-refractivity contribution in [3.05, 3.63) is 11.1 Å². The lowest BCUT2D eigenvalue weighted by Gasteiger charge is -2.16. The summed E-state index contributed by atoms with van der Waals surface area (Å²) in [7, 11) is 0. The second-order valence-corrected chi connectivity index (χ2v) is 3.86. The summed E-state index contributed by atoms with van der Waals surface area (Å²) in [5, 5.41) is 12.3. The Hall–Kier alpha value is -0.540. The zero-order chi connectivity index (χ0) is 10.4. The normalized spacial score (nSPS) is 14.7. The quantitative estimate of drug-likeness (QED) is 0.720. The lowest BCUT2D eigenvalue weighted by atomic mass is 10.1. The van der Waals surface area contributed by atoms with E-state index in [1.54, 1.807) is 13.0 Å². The lowest BCUT2D eigenvalue weighted by Crippen LogP contribution is -2.40. The minimum absolute atomic E-state index is 0.0709. The molecule has 0 aliphatic carbocycles. The summed E-state index contributed by atoms with van der Waals surface area (Å²) < 4.78 is 0. The first-order valence-corrected chi connectivity index (χ1v) is 4.61. The Morgan fingerprint density at radius 2 is 2.15 bits per heavy atom. The van der Waals surface area contributed by atoms with E-state index in [1.165, 1.54) is 0 Å². The van der Waals surface area contributed by atoms with Gasteiger partial charge in [0.05, 0.1) is 0 Å². The number of carboxylic acid groups (broad SMARTS) is 1. The van der Waals surface area contributed by atoms with E-state index in [-0.39, 0.29) is 5.92 Å². The molecule has 0 fully saturated rings. The van der Waals surface area contributed by atoms with Crippen LogP contribution < -0.4 is 5.32 Å². The van der Waals surface area contributed by atoms with Gasteiger partial charge in [-0.15, -0.1) is 0 Å². The fourth-order valence-electron chi connectivity index (χ4n) is 0.935. The zero-order valence-electron chi connectivity index (χ0n) is 8.17. The van der Waals surface area contributed by atoms with Crippen molar-refractivity contribution in [3.8, 4) is 0 Å². The Morgan fingerprint density at radius 3 is 2.46 bits per heavy atom. The highest BCUT2D eigenvalue weighted by molar-refractivity contribution is 6.29. The highest BCUT2D eigenvalue weighted by atomic mass is 35.5. The minimum atomic E-state index is -0.823. The van der Waals surface area contributed by atoms with Crippen molar-refractivity contribution in [2.24, 2.45) is 5.92 Å². The Bertz CT molecular complexity index is 198. The molecule has 2 N–H and O–H groups in total. The van der Waals surface area contributed by atoms with Gasteiger partial charge in [-0.05, 0) is 12.8 Å². The van der Waals surface area contributed by atoms with Crippen LogP contribution in [0.15, 0.2) is 11.1 Å². The molecule has 13 heavy (non-hydrogen) atoms. The number of hydrogen-bond acceptors (Lipinski definition) is 2. The molecule has 0 heterocycles. The van der Waals surface area contributed by atoms with Crippen LogP contribution in [0.3, 0.4) is 0 Å². The van der Waals surface area contributed by atoms with Crippen LogP contribution in [-0.2, 0) is 4.79 Å². The van der Waals surface area contributed by atoms with Crippen molar-refractivity contribution < 1.29 is 9.90 Å². The van der Waals surface area contributed by atoms with E-state index in [2.05, 4.69) is 5.32 Å². The van der Waals surface area contributed by atoms with Crippen LogP contribution in [0.5, 0.6) is 0 Å². The number of hydrogen-bond donors (Lipinski definition) is 2. The number of nitrogens with one attached hydrogen (secondary N) is 1. The van der Waals surface area contributed by atoms with Crippen molar-refractivity contribution in [2.45, 2.75) is 26.8 Å². The molecular formula is C9H16ClNO2. The molecule has 0 radical (unpaired) electrons. The van der Waals surface area contributed by atoms with Gasteiger partial charge in [0, 0.05) is 11.6 Å². The monoisotopic (exact) mass is 205 g/mol. The number of aliphatic carboxylic acids is 1. The summed E-state index contributed by atoms with van der Waals surface area (Å²) in [4.78, 5) is 10.7. The molecule has 76 valence electrons. The van der Waals surface area contributed by atoms with Gasteiger partial charge in [0.2, 0.25) is 0 Å². The van der Waals surface area contributed by atoms with E-state index in [1.807, 2.05) is 13.8 Å². The van der Waals surface area contributed by atoms with Crippen molar-refractivity contribution in [3.63, 3.8) is 0 Å². The van der Waals surface area contributed by atoms with Crippen LogP contribution in [0.4, 0.5) is 0 Å². The predicted octanol–water partition coefficient (Wildman–Crippen LogP) is 1.83. The van der Waals surface area contributed by atoms with Crippen molar-refractivity contribution >= 4 is 17.6 Å². The number of halogens is 1. The first-order valence-electron chi connectivity index (χ1n) is 4.23. The zero-order valence-corrected chi connectivity index (χ0v) is 8.93. The summed E-state index contributed by atoms with van der Waals surface area (Å²) in [6, 6.07) is -0.507. The predicted molar refractivity (Wildman–Crippen MR) is 53.9 cm³/mol. The van der Waals surface area contributed by atoms with Crippen LogP contribution in [0.1, 0.15) is 20.8 Å². The maximum Gasteiger partial charge on any atom is 0.320 e. The van der Waals surface area contributed by atoms with Gasteiger partial charge in [-0.1, -0.05) is 31.5 Å². The molecule has 0 aromatic heterocycles. The number of allylic oxidation sites excluding steroid dienone is 1. The Balaban J connectivity index is 3.98. The summed E-state index contributed by atoms with van der Waals surface area (Å²) in [5.41, 5.74) is 0. The number of rotatable bonds is 5. The average molecular weight is 206 g/mol. The van der Waals surface area contributed by atoms with Gasteiger partial charge in [0.25, 0.3) is 0 Å². The van der Waals surface area contributed by atoms with Gasteiger partial charge in [0.15, 0.2) is 0 Å². The molecule has 0 aromatic rings. The maximum absolute atomic E-state index is 10.7. The van der Waals surface area contributed by atoms with E-state index >= 15 is 0 Å². The highest BCUT2D eigenvalue weighted by Crippen LogP contribution is 2.02. The van der Waals surface area contributed by atoms with E-state index in [0.29, 0.717) is 11.6 Å². The first-order chi connectivity index (χ1) is 5.95. The van der Waals surface area contributed by atoms with Gasteiger partial charge < -0.3 is 10.4 Å². The third-order valence-corrected chi connectivity index (χ3v) is 1.81. The molecule has 1 unspecified atom stereocenters. The Morgan fingerprint density at radius 1 is 1.62 bits per heavy atom. The van der Waals surface area contributed by atoms with Crippen molar-refractivity contribution in [1.82, 2.24) is 5.32 Å². The summed E-state index contributed by atoms with van der Waals surface area (Å²) in [5.74, 6) is -0.753. The molecule has 0 saturated heterocycles. The summed E-state index contributed by atoms with van der Waals surface area (Å²) >= 11 is 5.59. The molecule has 0 spiro atoms. The Kier molecular flexibility index (Phi) is 5.75. The molecule has 0 amide bonds. The number of carbonyl (C=O) groups is 1. The molecule has 0 rings (SSSR count). The van der Waals surface area contributed by atoms with E-state index in [4.69, 9.17) is 16.7 Å². The van der Waals surface area contributed by atoms with Crippen LogP contribution in [0, 0.1) is 5.92 Å². The molecule has 0 aliphatic rings. The number of carboxylic acids is 1. The van der Waals surface area contributed by atoms with E-state index in [9.17, 15) is 4.79 Å². The second kappa shape index (κ2) is 6.00. The van der Waals surface area contributed by atoms with Crippen molar-refractivity contribution in [2.75, 3.05) is 6.54 Å². The first kappa shape index (κ1) is 12.5. The van der Waals surface area contributed by atoms with Gasteiger partial charge in [-0.2, -0.15) is 0 Å². The fourth-order valence-corrected chi connectivity index (χ4v) is 1.01. The van der Waals surface area contributed by atoms with E-state index < -0.39 is 12.0 Å². The van der Waals surface area contributed by atoms with Gasteiger partial charge >= 0.3 is 5.97 Å². The van der Waals surface area contributed by atoms with Crippen LogP contribution in [0.2, 0.25) is 0 Å². The maximum atomic E-state index is 10.7. The average Bonchev–Trinajstić information content (AvgIpc) is 1.95. The molecule has 3 nitrogen and oxygen atoms in total. The molecule has 0 aromatic carbocycles. The highest BCUT2D eigenvalue weighted by Gasteiger charge is 2.19. The third kappa shape index (κ3) is 5.66. The molecule has 0 bridgehead atoms. The van der Waals surface area contributed by atoms with Gasteiger partial charge in [-0.25, -0.2) is 0 Å². The fraction of sp³-hybridized carbons (Fsp3) is 0.667. The van der Waals surface area contributed by atoms with Crippen LogP contribution in [-0.4, -0.2) is 23.7 Å². The smallest absolute Gasteiger partial charge is 0.320 e. The van der Waals surface area contributed by atoms with Gasteiger partial charge in [-0.3, -0.25) is 4.79 Å². The van der Waals surface area contributed by atoms with Crippen molar-refractivity contribution in [1.29, 1.82) is 0 Å². The lowest BCUT2D eigenvalue weighted by molar-refractivity contribution is -0.140. The molecule has 0 aliphatic heterocycles. The topological polar surface area (TPSA) is 49.3 Å². The molecule has 4 heteroatoms. The largest absolute Gasteiger partial charge is 0.480 e.